The molecule has 1 heterocycles. The van der Waals surface area contributed by atoms with Gasteiger partial charge in [-0.05, 0) is 0 Å². The first-order valence-electron chi connectivity index (χ1n) is 7.81. The van der Waals surface area contributed by atoms with Crippen molar-refractivity contribution in [3.8, 4) is 45.6 Å². The number of hydrogen-bond acceptors (Lipinski definition) is 8. The number of methoxy groups -OCH3 is 4. The summed E-state index contributed by atoms with van der Waals surface area (Å²) in [6.45, 7) is 0. The summed E-state index contributed by atoms with van der Waals surface area (Å²) >= 11 is 0. The molecular formula is C19H18O8. The van der Waals surface area contributed by atoms with E-state index in [1.807, 2.05) is 0 Å². The smallest absolute Gasteiger partial charge is 0.204 e. The summed E-state index contributed by atoms with van der Waals surface area (Å²) < 4.78 is 27.0. The number of aromatic hydroxyl groups is 2. The Morgan fingerprint density at radius 2 is 1.44 bits per heavy atom. The van der Waals surface area contributed by atoms with Crippen molar-refractivity contribution in [2.24, 2.45) is 0 Å². The molecule has 2 N–H and O–H groups in total. The third-order valence-corrected chi connectivity index (χ3v) is 4.12. The van der Waals surface area contributed by atoms with Crippen LogP contribution < -0.4 is 24.4 Å². The van der Waals surface area contributed by atoms with Gasteiger partial charge in [-0.15, -0.1) is 0 Å². The summed E-state index contributed by atoms with van der Waals surface area (Å²) in [4.78, 5) is 13.1. The van der Waals surface area contributed by atoms with Crippen LogP contribution in [0.1, 0.15) is 0 Å². The van der Waals surface area contributed by atoms with Crippen LogP contribution in [0.2, 0.25) is 0 Å². The second-order valence-electron chi connectivity index (χ2n) is 5.54. The van der Waals surface area contributed by atoms with E-state index in [-0.39, 0.29) is 39.3 Å². The first kappa shape index (κ1) is 18.2. The van der Waals surface area contributed by atoms with Crippen LogP contribution in [0.15, 0.2) is 33.7 Å². The molecule has 3 aromatic rings. The highest BCUT2D eigenvalue weighted by atomic mass is 16.5. The van der Waals surface area contributed by atoms with E-state index in [1.165, 1.54) is 40.8 Å². The van der Waals surface area contributed by atoms with Crippen LogP contribution in [0.5, 0.6) is 34.5 Å². The van der Waals surface area contributed by atoms with Gasteiger partial charge in [-0.2, -0.15) is 0 Å². The lowest BCUT2D eigenvalue weighted by Crippen LogP contribution is -2.08. The van der Waals surface area contributed by atoms with Gasteiger partial charge in [0.2, 0.25) is 5.43 Å². The minimum atomic E-state index is -0.541. The van der Waals surface area contributed by atoms with E-state index in [0.717, 1.165) is 6.07 Å². The summed E-state index contributed by atoms with van der Waals surface area (Å²) in [5, 5.41) is 19.6. The Balaban J connectivity index is 2.47. The molecule has 0 atom stereocenters. The molecule has 27 heavy (non-hydrogen) atoms. The van der Waals surface area contributed by atoms with Crippen LogP contribution in [-0.2, 0) is 0 Å². The number of phenolic OH excluding ortho intramolecular Hbond substituents is 2. The third kappa shape index (κ3) is 2.84. The van der Waals surface area contributed by atoms with E-state index in [0.29, 0.717) is 11.5 Å². The molecular weight excluding hydrogens is 356 g/mol. The molecule has 0 aliphatic carbocycles. The lowest BCUT2D eigenvalue weighted by atomic mass is 10.0. The van der Waals surface area contributed by atoms with Crippen molar-refractivity contribution in [2.75, 3.05) is 28.4 Å². The molecule has 0 bridgehead atoms. The quantitative estimate of drug-likeness (QED) is 0.702. The molecule has 0 radical (unpaired) electrons. The molecule has 0 fully saturated rings. The largest absolute Gasteiger partial charge is 0.508 e. The van der Waals surface area contributed by atoms with Crippen molar-refractivity contribution in [2.45, 2.75) is 0 Å². The van der Waals surface area contributed by atoms with Gasteiger partial charge >= 0.3 is 0 Å². The van der Waals surface area contributed by atoms with E-state index in [9.17, 15) is 15.0 Å². The Hall–Kier alpha value is -3.55. The van der Waals surface area contributed by atoms with Crippen LogP contribution >= 0.6 is 0 Å². The molecule has 3 rings (SSSR count). The van der Waals surface area contributed by atoms with Gasteiger partial charge < -0.3 is 33.6 Å². The van der Waals surface area contributed by atoms with Crippen LogP contribution in [-0.4, -0.2) is 38.7 Å². The normalized spacial score (nSPS) is 10.7. The van der Waals surface area contributed by atoms with Gasteiger partial charge in [0.15, 0.2) is 23.0 Å². The van der Waals surface area contributed by atoms with Gasteiger partial charge in [-0.1, -0.05) is 0 Å². The fourth-order valence-electron chi connectivity index (χ4n) is 2.94. The maximum atomic E-state index is 13.1. The fourth-order valence-corrected chi connectivity index (χ4v) is 2.94. The third-order valence-electron chi connectivity index (χ3n) is 4.12. The van der Waals surface area contributed by atoms with Gasteiger partial charge in [-0.25, -0.2) is 0 Å². The topological polar surface area (TPSA) is 108 Å². The Bertz CT molecular complexity index is 1040. The Morgan fingerprint density at radius 1 is 0.852 bits per heavy atom. The molecule has 0 aliphatic rings. The second-order valence-corrected chi connectivity index (χ2v) is 5.54. The van der Waals surface area contributed by atoms with Gasteiger partial charge in [0.25, 0.3) is 0 Å². The van der Waals surface area contributed by atoms with E-state index in [2.05, 4.69) is 0 Å². The van der Waals surface area contributed by atoms with Crippen LogP contribution in [0.3, 0.4) is 0 Å². The second kappa shape index (κ2) is 6.99. The molecule has 0 saturated heterocycles. The van der Waals surface area contributed by atoms with Crippen molar-refractivity contribution in [3.63, 3.8) is 0 Å². The number of hydrogen-bond donors (Lipinski definition) is 2. The summed E-state index contributed by atoms with van der Waals surface area (Å²) in [5.74, 6) is 0.474. The van der Waals surface area contributed by atoms with E-state index in [4.69, 9.17) is 23.4 Å². The molecule has 1 aromatic heterocycles. The number of benzene rings is 2. The Morgan fingerprint density at radius 3 is 1.96 bits per heavy atom. The molecule has 8 heteroatoms. The molecule has 0 saturated carbocycles. The SMILES string of the molecule is COc1cc(OC)c(OC)c(-c2coc3cc(O)cc(O)c3c2=O)c1OC. The minimum Gasteiger partial charge on any atom is -0.508 e. The van der Waals surface area contributed by atoms with Crippen LogP contribution in [0.4, 0.5) is 0 Å². The lowest BCUT2D eigenvalue weighted by molar-refractivity contribution is 0.331. The zero-order valence-electron chi connectivity index (χ0n) is 15.2. The van der Waals surface area contributed by atoms with Gasteiger partial charge in [0.05, 0.1) is 39.6 Å². The number of ether oxygens (including phenoxy) is 4. The van der Waals surface area contributed by atoms with Crippen molar-refractivity contribution >= 4 is 11.0 Å². The molecule has 8 nitrogen and oxygen atoms in total. The Kier molecular flexibility index (Phi) is 4.72. The van der Waals surface area contributed by atoms with E-state index < -0.39 is 11.2 Å². The zero-order chi connectivity index (χ0) is 19.7. The zero-order valence-corrected chi connectivity index (χ0v) is 15.2. The summed E-state index contributed by atoms with van der Waals surface area (Å²) in [5.41, 5.74) is -0.191. The van der Waals surface area contributed by atoms with E-state index >= 15 is 0 Å². The van der Waals surface area contributed by atoms with Crippen LogP contribution in [0.25, 0.3) is 22.1 Å². The van der Waals surface area contributed by atoms with Crippen molar-refractivity contribution < 1.29 is 33.6 Å². The Labute approximate surface area is 154 Å². The molecule has 0 spiro atoms. The molecule has 0 amide bonds. The fraction of sp³-hybridized carbons (Fsp3) is 0.211. The maximum Gasteiger partial charge on any atom is 0.204 e. The van der Waals surface area contributed by atoms with Crippen LogP contribution in [0, 0.1) is 0 Å². The highest BCUT2D eigenvalue weighted by Gasteiger charge is 2.26. The van der Waals surface area contributed by atoms with Gasteiger partial charge in [0, 0.05) is 18.2 Å². The van der Waals surface area contributed by atoms with E-state index in [1.54, 1.807) is 6.07 Å². The summed E-state index contributed by atoms with van der Waals surface area (Å²) in [6.07, 6.45) is 1.20. The average Bonchev–Trinajstić information content (AvgIpc) is 2.65. The number of fused-ring (bicyclic) bond motifs is 1. The first-order chi connectivity index (χ1) is 13.0. The molecule has 0 unspecified atom stereocenters. The van der Waals surface area contributed by atoms with Gasteiger partial charge in [-0.3, -0.25) is 4.79 Å². The maximum absolute atomic E-state index is 13.1. The lowest BCUT2D eigenvalue weighted by Gasteiger charge is -2.18. The number of rotatable bonds is 5. The minimum absolute atomic E-state index is 0.0362. The van der Waals surface area contributed by atoms with Crippen molar-refractivity contribution in [1.82, 2.24) is 0 Å². The predicted octanol–water partition coefficient (Wildman–Crippen LogP) is 2.91. The predicted molar refractivity (Wildman–Crippen MR) is 97.5 cm³/mol. The number of phenols is 2. The molecule has 0 aliphatic heterocycles. The summed E-state index contributed by atoms with van der Waals surface area (Å²) in [6, 6.07) is 3.86. The van der Waals surface area contributed by atoms with Crippen molar-refractivity contribution in [1.29, 1.82) is 0 Å². The highest BCUT2D eigenvalue weighted by molar-refractivity contribution is 5.91. The van der Waals surface area contributed by atoms with Gasteiger partial charge in [0.1, 0.15) is 28.7 Å². The molecule has 2 aromatic carbocycles. The standard InChI is InChI=1S/C19H18O8/c1-23-13-7-14(24-2)19(26-4)15(18(13)25-3)10-8-27-12-6-9(20)5-11(21)16(12)17(10)22/h5-8,20-21H,1-4H3. The summed E-state index contributed by atoms with van der Waals surface area (Å²) in [7, 11) is 5.74. The van der Waals surface area contributed by atoms with Crippen molar-refractivity contribution in [3.05, 3.63) is 34.7 Å². The monoisotopic (exact) mass is 374 g/mol. The first-order valence-corrected chi connectivity index (χ1v) is 7.81. The molecule has 142 valence electrons. The highest BCUT2D eigenvalue weighted by Crippen LogP contribution is 2.49. The average molecular weight is 374 g/mol.